The van der Waals surface area contributed by atoms with Gasteiger partial charge in [0.2, 0.25) is 0 Å². The number of halogens is 3. The normalized spacial score (nSPS) is 20.2. The Morgan fingerprint density at radius 3 is 2.41 bits per heavy atom. The van der Waals surface area contributed by atoms with Crippen LogP contribution in [0.15, 0.2) is 0 Å². The standard InChI is InChI=1S/C10H16F3NO3/c11-10(12,13)8(7-9(15)16)1-2-14-3-5-17-6-4-14/h8H,1-7H2,(H,15,16). The highest BCUT2D eigenvalue weighted by atomic mass is 19.4. The van der Waals surface area contributed by atoms with Crippen molar-refractivity contribution in [3.8, 4) is 0 Å². The fraction of sp³-hybridized carbons (Fsp3) is 0.900. The predicted molar refractivity (Wildman–Crippen MR) is 53.7 cm³/mol. The number of carboxylic acid groups (broad SMARTS) is 1. The molecule has 4 nitrogen and oxygen atoms in total. The van der Waals surface area contributed by atoms with Crippen LogP contribution in [0.5, 0.6) is 0 Å². The Kier molecular flexibility index (Phi) is 5.20. The Morgan fingerprint density at radius 1 is 1.35 bits per heavy atom. The molecule has 0 bridgehead atoms. The summed E-state index contributed by atoms with van der Waals surface area (Å²) in [5, 5.41) is 8.45. The third kappa shape index (κ3) is 5.36. The van der Waals surface area contributed by atoms with Gasteiger partial charge in [0.05, 0.1) is 25.6 Å². The zero-order chi connectivity index (χ0) is 12.9. The second-order valence-electron chi connectivity index (χ2n) is 4.08. The summed E-state index contributed by atoms with van der Waals surface area (Å²) in [6, 6.07) is 0. The van der Waals surface area contributed by atoms with Crippen molar-refractivity contribution in [2.24, 2.45) is 5.92 Å². The van der Waals surface area contributed by atoms with Crippen molar-refractivity contribution in [2.75, 3.05) is 32.8 Å². The van der Waals surface area contributed by atoms with E-state index in [1.54, 1.807) is 0 Å². The molecule has 0 saturated carbocycles. The molecule has 1 aliphatic rings. The molecule has 7 heteroatoms. The summed E-state index contributed by atoms with van der Waals surface area (Å²) in [5.41, 5.74) is 0. The van der Waals surface area contributed by atoms with Crippen LogP contribution in [0.1, 0.15) is 12.8 Å². The molecule has 0 aromatic rings. The molecule has 17 heavy (non-hydrogen) atoms. The smallest absolute Gasteiger partial charge is 0.392 e. The molecule has 1 aliphatic heterocycles. The zero-order valence-electron chi connectivity index (χ0n) is 9.37. The number of hydrogen-bond donors (Lipinski definition) is 1. The minimum Gasteiger partial charge on any atom is -0.481 e. The van der Waals surface area contributed by atoms with Crippen molar-refractivity contribution in [2.45, 2.75) is 19.0 Å². The summed E-state index contributed by atoms with van der Waals surface area (Å²) >= 11 is 0. The Labute approximate surface area is 97.3 Å². The predicted octanol–water partition coefficient (Wildman–Crippen LogP) is 1.36. The van der Waals surface area contributed by atoms with Gasteiger partial charge in [0.15, 0.2) is 0 Å². The quantitative estimate of drug-likeness (QED) is 0.806. The van der Waals surface area contributed by atoms with Gasteiger partial charge in [-0.1, -0.05) is 0 Å². The Hall–Kier alpha value is -0.820. The zero-order valence-corrected chi connectivity index (χ0v) is 9.37. The minimum absolute atomic E-state index is 0.171. The summed E-state index contributed by atoms with van der Waals surface area (Å²) in [4.78, 5) is 12.2. The van der Waals surface area contributed by atoms with Crippen LogP contribution >= 0.6 is 0 Å². The molecule has 100 valence electrons. The van der Waals surface area contributed by atoms with Crippen LogP contribution in [0.25, 0.3) is 0 Å². The van der Waals surface area contributed by atoms with Gasteiger partial charge in [0.1, 0.15) is 0 Å². The first-order valence-corrected chi connectivity index (χ1v) is 5.48. The summed E-state index contributed by atoms with van der Waals surface area (Å²) in [6.45, 7) is 2.53. The second-order valence-corrected chi connectivity index (χ2v) is 4.08. The number of rotatable bonds is 5. The van der Waals surface area contributed by atoms with E-state index in [2.05, 4.69) is 0 Å². The molecule has 0 aliphatic carbocycles. The molecule has 1 rings (SSSR count). The fourth-order valence-corrected chi connectivity index (χ4v) is 1.76. The highest BCUT2D eigenvalue weighted by Crippen LogP contribution is 2.31. The SMILES string of the molecule is O=C(O)CC(CCN1CCOCC1)C(F)(F)F. The Balaban J connectivity index is 2.40. The molecule has 0 aromatic heterocycles. The van der Waals surface area contributed by atoms with E-state index in [1.807, 2.05) is 4.90 Å². The van der Waals surface area contributed by atoms with Crippen LogP contribution in [0.3, 0.4) is 0 Å². The third-order valence-electron chi connectivity index (χ3n) is 2.78. The average molecular weight is 255 g/mol. The lowest BCUT2D eigenvalue weighted by Gasteiger charge is -2.28. The molecule has 0 amide bonds. The van der Waals surface area contributed by atoms with E-state index in [0.29, 0.717) is 26.3 Å². The van der Waals surface area contributed by atoms with Gasteiger partial charge in [-0.15, -0.1) is 0 Å². The fourth-order valence-electron chi connectivity index (χ4n) is 1.76. The van der Waals surface area contributed by atoms with Crippen LogP contribution in [0, 0.1) is 5.92 Å². The molecule has 1 N–H and O–H groups in total. The van der Waals surface area contributed by atoms with Crippen molar-refractivity contribution < 1.29 is 27.8 Å². The number of carbonyl (C=O) groups is 1. The van der Waals surface area contributed by atoms with E-state index in [-0.39, 0.29) is 13.0 Å². The topological polar surface area (TPSA) is 49.8 Å². The highest BCUT2D eigenvalue weighted by molar-refractivity contribution is 5.67. The van der Waals surface area contributed by atoms with E-state index in [4.69, 9.17) is 9.84 Å². The van der Waals surface area contributed by atoms with E-state index < -0.39 is 24.5 Å². The molecular weight excluding hydrogens is 239 g/mol. The molecular formula is C10H16F3NO3. The molecule has 1 heterocycles. The number of nitrogens with zero attached hydrogens (tertiary/aromatic N) is 1. The second kappa shape index (κ2) is 6.20. The molecule has 1 unspecified atom stereocenters. The lowest BCUT2D eigenvalue weighted by Crippen LogP contribution is -2.39. The van der Waals surface area contributed by atoms with E-state index in [1.165, 1.54) is 0 Å². The van der Waals surface area contributed by atoms with Gasteiger partial charge in [0.25, 0.3) is 0 Å². The largest absolute Gasteiger partial charge is 0.481 e. The van der Waals surface area contributed by atoms with Crippen LogP contribution in [-0.4, -0.2) is 55.0 Å². The maximum atomic E-state index is 12.5. The Morgan fingerprint density at radius 2 is 1.94 bits per heavy atom. The highest BCUT2D eigenvalue weighted by Gasteiger charge is 2.40. The van der Waals surface area contributed by atoms with Crippen LogP contribution in [0.4, 0.5) is 13.2 Å². The molecule has 1 saturated heterocycles. The first kappa shape index (κ1) is 14.2. The van der Waals surface area contributed by atoms with Crippen molar-refractivity contribution in [1.82, 2.24) is 4.90 Å². The van der Waals surface area contributed by atoms with Crippen LogP contribution in [0.2, 0.25) is 0 Å². The lowest BCUT2D eigenvalue weighted by molar-refractivity contribution is -0.185. The van der Waals surface area contributed by atoms with Crippen LogP contribution < -0.4 is 0 Å². The number of aliphatic carboxylic acids is 1. The van der Waals surface area contributed by atoms with Gasteiger partial charge in [-0.2, -0.15) is 13.2 Å². The minimum atomic E-state index is -4.44. The van der Waals surface area contributed by atoms with Gasteiger partial charge in [-0.05, 0) is 13.0 Å². The van der Waals surface area contributed by atoms with Crippen molar-refractivity contribution in [3.63, 3.8) is 0 Å². The third-order valence-corrected chi connectivity index (χ3v) is 2.78. The number of alkyl halides is 3. The Bertz CT molecular complexity index is 252. The van der Waals surface area contributed by atoms with Gasteiger partial charge in [-0.25, -0.2) is 0 Å². The van der Waals surface area contributed by atoms with Gasteiger partial charge < -0.3 is 9.84 Å². The summed E-state index contributed by atoms with van der Waals surface area (Å²) in [5.74, 6) is -3.17. The van der Waals surface area contributed by atoms with E-state index in [9.17, 15) is 18.0 Å². The molecule has 1 atom stereocenters. The average Bonchev–Trinajstić information content (AvgIpc) is 2.23. The number of morpholine rings is 1. The number of hydrogen-bond acceptors (Lipinski definition) is 3. The lowest BCUT2D eigenvalue weighted by atomic mass is 10.0. The number of carboxylic acids is 1. The summed E-state index contributed by atoms with van der Waals surface area (Å²) in [7, 11) is 0. The first-order chi connectivity index (χ1) is 7.89. The maximum Gasteiger partial charge on any atom is 0.392 e. The summed E-state index contributed by atoms with van der Waals surface area (Å²) < 4.78 is 42.7. The van der Waals surface area contributed by atoms with E-state index >= 15 is 0 Å². The molecule has 0 radical (unpaired) electrons. The number of ether oxygens (including phenoxy) is 1. The van der Waals surface area contributed by atoms with Gasteiger partial charge in [0, 0.05) is 13.1 Å². The van der Waals surface area contributed by atoms with Crippen molar-refractivity contribution >= 4 is 5.97 Å². The van der Waals surface area contributed by atoms with Gasteiger partial charge >= 0.3 is 12.1 Å². The molecule has 0 spiro atoms. The van der Waals surface area contributed by atoms with E-state index in [0.717, 1.165) is 0 Å². The van der Waals surface area contributed by atoms with Crippen molar-refractivity contribution in [3.05, 3.63) is 0 Å². The van der Waals surface area contributed by atoms with Crippen LogP contribution in [-0.2, 0) is 9.53 Å². The monoisotopic (exact) mass is 255 g/mol. The van der Waals surface area contributed by atoms with Gasteiger partial charge in [-0.3, -0.25) is 9.69 Å². The molecule has 1 fully saturated rings. The molecule has 0 aromatic carbocycles. The van der Waals surface area contributed by atoms with Crippen molar-refractivity contribution in [1.29, 1.82) is 0 Å². The summed E-state index contributed by atoms with van der Waals surface area (Å²) in [6.07, 6.45) is -5.46. The first-order valence-electron chi connectivity index (χ1n) is 5.48. The maximum absolute atomic E-state index is 12.5.